The fourth-order valence-corrected chi connectivity index (χ4v) is 2.48. The summed E-state index contributed by atoms with van der Waals surface area (Å²) in [4.78, 5) is 0. The summed E-state index contributed by atoms with van der Waals surface area (Å²) in [6, 6.07) is 10.2. The van der Waals surface area contributed by atoms with Gasteiger partial charge in [-0.1, -0.05) is 23.7 Å². The molecule has 94 valence electrons. The molecule has 0 radical (unpaired) electrons. The van der Waals surface area contributed by atoms with Gasteiger partial charge in [0.25, 0.3) is 0 Å². The van der Waals surface area contributed by atoms with Gasteiger partial charge in [0.05, 0.1) is 6.04 Å². The molecule has 0 aliphatic rings. The molecule has 0 aliphatic carbocycles. The lowest BCUT2D eigenvalue weighted by atomic mass is 9.92. The van der Waals surface area contributed by atoms with Gasteiger partial charge in [0.2, 0.25) is 0 Å². The van der Waals surface area contributed by atoms with Gasteiger partial charge in [-0.3, -0.25) is 0 Å². The number of nitrogens with two attached hydrogens (primary N) is 1. The number of hydrogen-bond donors (Lipinski definition) is 1. The van der Waals surface area contributed by atoms with Crippen molar-refractivity contribution in [3.8, 4) is 0 Å². The van der Waals surface area contributed by atoms with Crippen LogP contribution in [0.5, 0.6) is 0 Å². The molecule has 0 amide bonds. The van der Waals surface area contributed by atoms with Crippen molar-refractivity contribution in [3.05, 3.63) is 69.5 Å². The third kappa shape index (κ3) is 2.55. The average Bonchev–Trinajstić information content (AvgIpc) is 2.27. The lowest BCUT2D eigenvalue weighted by Gasteiger charge is -2.18. The first kappa shape index (κ1) is 13.1. The van der Waals surface area contributed by atoms with Crippen LogP contribution in [0.4, 0.5) is 4.39 Å². The number of hydrogen-bond acceptors (Lipinski definition) is 1. The second kappa shape index (κ2) is 5.09. The van der Waals surface area contributed by atoms with Crippen molar-refractivity contribution >= 4 is 11.6 Å². The van der Waals surface area contributed by atoms with Gasteiger partial charge in [-0.15, -0.1) is 0 Å². The predicted molar refractivity (Wildman–Crippen MR) is 73.4 cm³/mol. The summed E-state index contributed by atoms with van der Waals surface area (Å²) in [5.74, 6) is -0.230. The van der Waals surface area contributed by atoms with Crippen molar-refractivity contribution in [2.45, 2.75) is 19.9 Å². The quantitative estimate of drug-likeness (QED) is 0.866. The molecule has 0 spiro atoms. The fraction of sp³-hybridized carbons (Fsp3) is 0.200. The normalized spacial score (nSPS) is 12.5. The number of benzene rings is 2. The standard InChI is InChI=1S/C15H15ClFN/c1-9-6-13(17)7-10(2)14(9)15(18)11-4-3-5-12(16)8-11/h3-8,15H,18H2,1-2H3. The summed E-state index contributed by atoms with van der Waals surface area (Å²) in [7, 11) is 0. The van der Waals surface area contributed by atoms with E-state index >= 15 is 0 Å². The lowest BCUT2D eigenvalue weighted by molar-refractivity contribution is 0.623. The second-order valence-electron chi connectivity index (χ2n) is 4.49. The lowest BCUT2D eigenvalue weighted by Crippen LogP contribution is -2.15. The van der Waals surface area contributed by atoms with Gasteiger partial charge in [-0.2, -0.15) is 0 Å². The highest BCUT2D eigenvalue weighted by molar-refractivity contribution is 6.30. The second-order valence-corrected chi connectivity index (χ2v) is 4.92. The first-order valence-corrected chi connectivity index (χ1v) is 6.14. The Kier molecular flexibility index (Phi) is 3.69. The third-order valence-corrected chi connectivity index (χ3v) is 3.31. The van der Waals surface area contributed by atoms with Crippen molar-refractivity contribution < 1.29 is 4.39 Å². The van der Waals surface area contributed by atoms with E-state index in [2.05, 4.69) is 0 Å². The van der Waals surface area contributed by atoms with Crippen LogP contribution in [-0.2, 0) is 0 Å². The monoisotopic (exact) mass is 263 g/mol. The summed E-state index contributed by atoms with van der Waals surface area (Å²) >= 11 is 5.97. The summed E-state index contributed by atoms with van der Waals surface area (Å²) in [6.45, 7) is 3.74. The van der Waals surface area contributed by atoms with Crippen LogP contribution in [0.2, 0.25) is 5.02 Å². The van der Waals surface area contributed by atoms with Gasteiger partial charge in [-0.05, 0) is 60.4 Å². The third-order valence-electron chi connectivity index (χ3n) is 3.08. The van der Waals surface area contributed by atoms with Gasteiger partial charge < -0.3 is 5.73 Å². The van der Waals surface area contributed by atoms with E-state index in [4.69, 9.17) is 17.3 Å². The number of aryl methyl sites for hydroxylation is 2. The van der Waals surface area contributed by atoms with Crippen molar-refractivity contribution in [2.24, 2.45) is 5.73 Å². The Morgan fingerprint density at radius 3 is 2.28 bits per heavy atom. The highest BCUT2D eigenvalue weighted by atomic mass is 35.5. The van der Waals surface area contributed by atoms with E-state index in [1.54, 1.807) is 0 Å². The zero-order chi connectivity index (χ0) is 13.3. The molecule has 0 saturated heterocycles. The summed E-state index contributed by atoms with van der Waals surface area (Å²) in [6.07, 6.45) is 0. The maximum absolute atomic E-state index is 13.3. The van der Waals surface area contributed by atoms with Crippen LogP contribution in [0, 0.1) is 19.7 Å². The summed E-state index contributed by atoms with van der Waals surface area (Å²) in [5.41, 5.74) is 9.87. The maximum Gasteiger partial charge on any atom is 0.123 e. The van der Waals surface area contributed by atoms with E-state index < -0.39 is 0 Å². The SMILES string of the molecule is Cc1cc(F)cc(C)c1C(N)c1cccc(Cl)c1. The summed E-state index contributed by atoms with van der Waals surface area (Å²) < 4.78 is 13.3. The van der Waals surface area contributed by atoms with Gasteiger partial charge in [-0.25, -0.2) is 4.39 Å². The minimum Gasteiger partial charge on any atom is -0.320 e. The van der Waals surface area contributed by atoms with Gasteiger partial charge in [0.1, 0.15) is 5.82 Å². The Hall–Kier alpha value is -1.38. The Balaban J connectivity index is 2.49. The Bertz CT molecular complexity index is 557. The van der Waals surface area contributed by atoms with E-state index in [0.717, 1.165) is 22.3 Å². The molecule has 18 heavy (non-hydrogen) atoms. The van der Waals surface area contributed by atoms with Crippen LogP contribution in [0.3, 0.4) is 0 Å². The van der Waals surface area contributed by atoms with Gasteiger partial charge in [0.15, 0.2) is 0 Å². The van der Waals surface area contributed by atoms with Crippen LogP contribution in [0.1, 0.15) is 28.3 Å². The topological polar surface area (TPSA) is 26.0 Å². The first-order chi connectivity index (χ1) is 8.49. The highest BCUT2D eigenvalue weighted by Crippen LogP contribution is 2.28. The van der Waals surface area contributed by atoms with Crippen LogP contribution >= 0.6 is 11.6 Å². The molecular weight excluding hydrogens is 249 g/mol. The molecular formula is C15H15ClFN. The van der Waals surface area contributed by atoms with Gasteiger partial charge in [0, 0.05) is 5.02 Å². The Morgan fingerprint density at radius 1 is 1.11 bits per heavy atom. The van der Waals surface area contributed by atoms with Crippen LogP contribution in [-0.4, -0.2) is 0 Å². The number of rotatable bonds is 2. The highest BCUT2D eigenvalue weighted by Gasteiger charge is 2.15. The molecule has 1 unspecified atom stereocenters. The minimum atomic E-state index is -0.288. The molecule has 1 nitrogen and oxygen atoms in total. The molecule has 2 aromatic carbocycles. The molecule has 2 rings (SSSR count). The van der Waals surface area contributed by atoms with Crippen molar-refractivity contribution in [1.82, 2.24) is 0 Å². The smallest absolute Gasteiger partial charge is 0.123 e. The molecule has 2 N–H and O–H groups in total. The van der Waals surface area contributed by atoms with Crippen LogP contribution in [0.15, 0.2) is 36.4 Å². The first-order valence-electron chi connectivity index (χ1n) is 5.76. The molecule has 0 saturated carbocycles. The van der Waals surface area contributed by atoms with Crippen molar-refractivity contribution in [2.75, 3.05) is 0 Å². The van der Waals surface area contributed by atoms with E-state index in [9.17, 15) is 4.39 Å². The number of halogens is 2. The molecule has 0 heterocycles. The largest absolute Gasteiger partial charge is 0.320 e. The molecule has 0 aromatic heterocycles. The van der Waals surface area contributed by atoms with Crippen molar-refractivity contribution in [1.29, 1.82) is 0 Å². The van der Waals surface area contributed by atoms with Crippen molar-refractivity contribution in [3.63, 3.8) is 0 Å². The van der Waals surface area contributed by atoms with E-state index in [0.29, 0.717) is 5.02 Å². The predicted octanol–water partition coefficient (Wildman–Crippen LogP) is 4.14. The molecule has 0 aliphatic heterocycles. The zero-order valence-corrected chi connectivity index (χ0v) is 11.1. The van der Waals surface area contributed by atoms with E-state index in [-0.39, 0.29) is 11.9 Å². The zero-order valence-electron chi connectivity index (χ0n) is 10.4. The fourth-order valence-electron chi connectivity index (χ4n) is 2.28. The molecule has 3 heteroatoms. The van der Waals surface area contributed by atoms with E-state index in [1.807, 2.05) is 38.1 Å². The molecule has 1 atom stereocenters. The van der Waals surface area contributed by atoms with Crippen LogP contribution < -0.4 is 5.73 Å². The van der Waals surface area contributed by atoms with Gasteiger partial charge >= 0.3 is 0 Å². The molecule has 2 aromatic rings. The Morgan fingerprint density at radius 2 is 1.72 bits per heavy atom. The van der Waals surface area contributed by atoms with Crippen LogP contribution in [0.25, 0.3) is 0 Å². The maximum atomic E-state index is 13.3. The Labute approximate surface area is 111 Å². The van der Waals surface area contributed by atoms with E-state index in [1.165, 1.54) is 12.1 Å². The summed E-state index contributed by atoms with van der Waals surface area (Å²) in [5, 5.41) is 0.653. The molecule has 0 bridgehead atoms. The minimum absolute atomic E-state index is 0.230. The average molecular weight is 264 g/mol. The molecule has 0 fully saturated rings.